The number of rotatable bonds is 3. The van der Waals surface area contributed by atoms with E-state index in [0.717, 1.165) is 5.56 Å². The molecule has 2 amide bonds. The number of methoxy groups -OCH3 is 1. The van der Waals surface area contributed by atoms with Crippen LogP contribution in [0.4, 0.5) is 0 Å². The number of amides is 2. The maximum Gasteiger partial charge on any atom is 0.254 e. The van der Waals surface area contributed by atoms with E-state index in [9.17, 15) is 9.59 Å². The molecule has 2 aromatic carbocycles. The standard InChI is InChI=1S/C20H22N2O3/c1-15(23)21-11-12-22(19(14-21)16-7-4-3-5-8-16)20(24)17-9-6-10-18(13-17)25-2/h3-10,13,19H,11-12,14H2,1-2H3. The molecule has 1 aliphatic rings. The quantitative estimate of drug-likeness (QED) is 0.865. The molecule has 0 aliphatic carbocycles. The van der Waals surface area contributed by atoms with Crippen molar-refractivity contribution in [1.29, 1.82) is 0 Å². The first-order valence-electron chi connectivity index (χ1n) is 8.35. The van der Waals surface area contributed by atoms with E-state index in [1.807, 2.05) is 47.4 Å². The Morgan fingerprint density at radius 3 is 2.48 bits per heavy atom. The highest BCUT2D eigenvalue weighted by molar-refractivity contribution is 5.95. The van der Waals surface area contributed by atoms with Crippen molar-refractivity contribution in [3.05, 3.63) is 65.7 Å². The highest BCUT2D eigenvalue weighted by Crippen LogP contribution is 2.28. The number of benzene rings is 2. The number of carbonyl (C=O) groups excluding carboxylic acids is 2. The second kappa shape index (κ2) is 7.38. The minimum Gasteiger partial charge on any atom is -0.497 e. The van der Waals surface area contributed by atoms with Crippen LogP contribution in [-0.2, 0) is 4.79 Å². The summed E-state index contributed by atoms with van der Waals surface area (Å²) in [5, 5.41) is 0. The summed E-state index contributed by atoms with van der Waals surface area (Å²) in [7, 11) is 1.59. The fraction of sp³-hybridized carbons (Fsp3) is 0.300. The zero-order valence-electron chi connectivity index (χ0n) is 14.5. The summed E-state index contributed by atoms with van der Waals surface area (Å²) in [5.41, 5.74) is 1.63. The minimum atomic E-state index is -0.155. The van der Waals surface area contributed by atoms with E-state index < -0.39 is 0 Å². The van der Waals surface area contributed by atoms with E-state index in [-0.39, 0.29) is 17.9 Å². The number of nitrogens with zero attached hydrogens (tertiary/aromatic N) is 2. The van der Waals surface area contributed by atoms with Gasteiger partial charge in [0.2, 0.25) is 5.91 Å². The Hall–Kier alpha value is -2.82. The Balaban J connectivity index is 1.91. The molecule has 1 aliphatic heterocycles. The number of ether oxygens (including phenoxy) is 1. The van der Waals surface area contributed by atoms with Gasteiger partial charge in [0.05, 0.1) is 13.2 Å². The lowest BCUT2D eigenvalue weighted by Gasteiger charge is -2.41. The first kappa shape index (κ1) is 17.0. The van der Waals surface area contributed by atoms with Crippen LogP contribution in [-0.4, -0.2) is 48.4 Å². The number of hydrogen-bond acceptors (Lipinski definition) is 3. The Morgan fingerprint density at radius 2 is 1.80 bits per heavy atom. The average molecular weight is 338 g/mol. The van der Waals surface area contributed by atoms with Crippen LogP contribution in [0.25, 0.3) is 0 Å². The van der Waals surface area contributed by atoms with Gasteiger partial charge in [0.1, 0.15) is 5.75 Å². The van der Waals surface area contributed by atoms with Crippen molar-refractivity contribution >= 4 is 11.8 Å². The summed E-state index contributed by atoms with van der Waals surface area (Å²) in [6, 6.07) is 16.9. The summed E-state index contributed by atoms with van der Waals surface area (Å²) >= 11 is 0. The number of piperazine rings is 1. The minimum absolute atomic E-state index is 0.0365. The Morgan fingerprint density at radius 1 is 1.04 bits per heavy atom. The summed E-state index contributed by atoms with van der Waals surface area (Å²) in [5.74, 6) is 0.648. The highest BCUT2D eigenvalue weighted by Gasteiger charge is 2.33. The molecule has 1 atom stereocenters. The predicted octanol–water partition coefficient (Wildman–Crippen LogP) is 2.74. The maximum atomic E-state index is 13.1. The average Bonchev–Trinajstić information content (AvgIpc) is 2.67. The fourth-order valence-corrected chi connectivity index (χ4v) is 3.19. The van der Waals surface area contributed by atoms with Crippen LogP contribution >= 0.6 is 0 Å². The molecule has 3 rings (SSSR count). The zero-order chi connectivity index (χ0) is 17.8. The van der Waals surface area contributed by atoms with E-state index in [1.165, 1.54) is 0 Å². The van der Waals surface area contributed by atoms with Crippen LogP contribution in [0.2, 0.25) is 0 Å². The Bertz CT molecular complexity index is 761. The molecule has 2 aromatic rings. The van der Waals surface area contributed by atoms with E-state index >= 15 is 0 Å². The van der Waals surface area contributed by atoms with Gasteiger partial charge in [-0.15, -0.1) is 0 Å². The molecule has 1 unspecified atom stereocenters. The largest absolute Gasteiger partial charge is 0.497 e. The molecule has 0 spiro atoms. The van der Waals surface area contributed by atoms with Crippen molar-refractivity contribution in [3.8, 4) is 5.75 Å². The SMILES string of the molecule is COc1cccc(C(=O)N2CCN(C(C)=O)CC2c2ccccc2)c1. The molecule has 25 heavy (non-hydrogen) atoms. The van der Waals surface area contributed by atoms with Crippen LogP contribution in [0.3, 0.4) is 0 Å². The van der Waals surface area contributed by atoms with Gasteiger partial charge in [-0.05, 0) is 23.8 Å². The molecule has 0 aromatic heterocycles. The first-order valence-corrected chi connectivity index (χ1v) is 8.35. The van der Waals surface area contributed by atoms with Crippen LogP contribution in [0.1, 0.15) is 28.9 Å². The molecule has 5 heteroatoms. The molecular weight excluding hydrogens is 316 g/mol. The lowest BCUT2D eigenvalue weighted by atomic mass is 10.0. The molecule has 1 saturated heterocycles. The second-order valence-electron chi connectivity index (χ2n) is 6.12. The number of carbonyl (C=O) groups is 2. The highest BCUT2D eigenvalue weighted by atomic mass is 16.5. The van der Waals surface area contributed by atoms with Crippen LogP contribution in [0.5, 0.6) is 5.75 Å². The van der Waals surface area contributed by atoms with Gasteiger partial charge < -0.3 is 14.5 Å². The molecule has 1 fully saturated rings. The second-order valence-corrected chi connectivity index (χ2v) is 6.12. The molecule has 1 heterocycles. The van der Waals surface area contributed by atoms with Gasteiger partial charge in [-0.1, -0.05) is 36.4 Å². The normalized spacial score (nSPS) is 17.3. The van der Waals surface area contributed by atoms with Crippen LogP contribution < -0.4 is 4.74 Å². The Kier molecular flexibility index (Phi) is 5.03. The van der Waals surface area contributed by atoms with Gasteiger partial charge in [-0.3, -0.25) is 9.59 Å². The lowest BCUT2D eigenvalue weighted by molar-refractivity contribution is -0.131. The third-order valence-corrected chi connectivity index (χ3v) is 4.59. The molecule has 130 valence electrons. The zero-order valence-corrected chi connectivity index (χ0v) is 14.5. The fourth-order valence-electron chi connectivity index (χ4n) is 3.19. The first-order chi connectivity index (χ1) is 12.1. The van der Waals surface area contributed by atoms with Gasteiger partial charge in [-0.2, -0.15) is 0 Å². The monoisotopic (exact) mass is 338 g/mol. The van der Waals surface area contributed by atoms with Crippen LogP contribution in [0.15, 0.2) is 54.6 Å². The van der Waals surface area contributed by atoms with E-state index in [1.54, 1.807) is 31.1 Å². The summed E-state index contributed by atoms with van der Waals surface area (Å²) in [6.45, 7) is 3.14. The van der Waals surface area contributed by atoms with Gasteiger partial charge >= 0.3 is 0 Å². The molecule has 0 N–H and O–H groups in total. The lowest BCUT2D eigenvalue weighted by Crippen LogP contribution is -2.51. The molecule has 0 saturated carbocycles. The van der Waals surface area contributed by atoms with Gasteiger partial charge in [0.25, 0.3) is 5.91 Å². The number of hydrogen-bond donors (Lipinski definition) is 0. The molecule has 0 radical (unpaired) electrons. The van der Waals surface area contributed by atoms with Gasteiger partial charge in [-0.25, -0.2) is 0 Å². The Labute approximate surface area is 147 Å². The van der Waals surface area contributed by atoms with Crippen LogP contribution in [0, 0.1) is 0 Å². The summed E-state index contributed by atoms with van der Waals surface area (Å²) < 4.78 is 5.23. The molecular formula is C20H22N2O3. The van der Waals surface area contributed by atoms with Crippen molar-refractivity contribution in [1.82, 2.24) is 9.80 Å². The third-order valence-electron chi connectivity index (χ3n) is 4.59. The van der Waals surface area contributed by atoms with Gasteiger partial charge in [0.15, 0.2) is 0 Å². The smallest absolute Gasteiger partial charge is 0.254 e. The van der Waals surface area contributed by atoms with Crippen molar-refractivity contribution in [2.75, 3.05) is 26.7 Å². The van der Waals surface area contributed by atoms with E-state index in [2.05, 4.69) is 0 Å². The van der Waals surface area contributed by atoms with E-state index in [0.29, 0.717) is 30.9 Å². The molecule has 0 bridgehead atoms. The van der Waals surface area contributed by atoms with Crippen molar-refractivity contribution < 1.29 is 14.3 Å². The summed E-state index contributed by atoms with van der Waals surface area (Å²) in [6.07, 6.45) is 0. The van der Waals surface area contributed by atoms with Crippen molar-refractivity contribution in [2.45, 2.75) is 13.0 Å². The molecule has 5 nitrogen and oxygen atoms in total. The van der Waals surface area contributed by atoms with Crippen molar-refractivity contribution in [2.24, 2.45) is 0 Å². The van der Waals surface area contributed by atoms with Crippen molar-refractivity contribution in [3.63, 3.8) is 0 Å². The maximum absolute atomic E-state index is 13.1. The third kappa shape index (κ3) is 3.65. The van der Waals surface area contributed by atoms with Gasteiger partial charge in [0, 0.05) is 32.1 Å². The topological polar surface area (TPSA) is 49.9 Å². The summed E-state index contributed by atoms with van der Waals surface area (Å²) in [4.78, 5) is 28.6. The van der Waals surface area contributed by atoms with E-state index in [4.69, 9.17) is 4.74 Å². The predicted molar refractivity (Wildman–Crippen MR) is 95.5 cm³/mol.